The molecular formula is C55H54ClF6N9O5. The highest BCUT2D eigenvalue weighted by molar-refractivity contribution is 6.37. The van der Waals surface area contributed by atoms with E-state index in [-0.39, 0.29) is 80.2 Å². The number of ether oxygens (including phenoxy) is 5. The second kappa shape index (κ2) is 20.6. The lowest BCUT2D eigenvalue weighted by Gasteiger charge is -2.32. The molecule has 5 heterocycles. The SMILES string of the molecule is COc1ccc(CNc2nccnc2C(C)N2C=C(OC[C@@H]3C[C@@]4(CN3C)CC4(F)F)Oc3c(F)c(-c4nc(N(Cc5ccc(OC)cc5)Cc5ccc(OC)cc5)cc(C)c4C(F)(F)F)c(Cl)c4c3C2=NCN4)cc1. The maximum absolute atomic E-state index is 18.3. The Hall–Kier alpha value is -7.45. The highest BCUT2D eigenvalue weighted by atomic mass is 35.5. The Morgan fingerprint density at radius 2 is 1.49 bits per heavy atom. The monoisotopic (exact) mass is 1070 g/mol. The maximum atomic E-state index is 18.3. The third-order valence-electron chi connectivity index (χ3n) is 14.4. The largest absolute Gasteiger partial charge is 0.497 e. The number of rotatable bonds is 17. The molecule has 2 N–H and O–H groups in total. The fourth-order valence-corrected chi connectivity index (χ4v) is 10.6. The highest BCUT2D eigenvalue weighted by Crippen LogP contribution is 2.66. The number of hydrogen-bond acceptors (Lipinski definition) is 14. The number of aromatic nitrogens is 3. The van der Waals surface area contributed by atoms with Crippen molar-refractivity contribution < 1.29 is 50.0 Å². The smallest absolute Gasteiger partial charge is 0.418 e. The van der Waals surface area contributed by atoms with Gasteiger partial charge in [-0.25, -0.2) is 28.1 Å². The molecule has 1 saturated heterocycles. The molecule has 14 nitrogen and oxygen atoms in total. The van der Waals surface area contributed by atoms with Crippen molar-refractivity contribution in [2.24, 2.45) is 10.4 Å². The number of halogens is 7. The molecule has 21 heteroatoms. The van der Waals surface area contributed by atoms with Crippen LogP contribution in [0.15, 0.2) is 108 Å². The zero-order valence-electron chi connectivity index (χ0n) is 42.4. The van der Waals surface area contributed by atoms with E-state index in [2.05, 4.69) is 15.6 Å². The fourth-order valence-electron chi connectivity index (χ4n) is 10.2. The number of pyridine rings is 1. The summed E-state index contributed by atoms with van der Waals surface area (Å²) in [6.07, 6.45) is -0.673. The van der Waals surface area contributed by atoms with Gasteiger partial charge in [0.2, 0.25) is 0 Å². The summed E-state index contributed by atoms with van der Waals surface area (Å²) in [4.78, 5) is 24.0. The Labute approximate surface area is 440 Å². The number of benzene rings is 4. The molecule has 1 saturated carbocycles. The normalized spacial score (nSPS) is 18.9. The summed E-state index contributed by atoms with van der Waals surface area (Å²) in [7, 11) is 6.40. The van der Waals surface area contributed by atoms with Crippen LogP contribution >= 0.6 is 11.6 Å². The third kappa shape index (κ3) is 10.1. The Morgan fingerprint density at radius 3 is 2.05 bits per heavy atom. The lowest BCUT2D eigenvalue weighted by atomic mass is 9.96. The van der Waals surface area contributed by atoms with E-state index in [4.69, 9.17) is 50.2 Å². The molecule has 1 aliphatic carbocycles. The molecule has 1 spiro atoms. The number of amidine groups is 1. The lowest BCUT2D eigenvalue weighted by Crippen LogP contribution is -2.34. The van der Waals surface area contributed by atoms with Crippen LogP contribution in [-0.4, -0.2) is 90.7 Å². The topological polar surface area (TPSA) is 131 Å². The summed E-state index contributed by atoms with van der Waals surface area (Å²) in [6, 6.07) is 21.9. The second-order valence-electron chi connectivity index (χ2n) is 19.3. The van der Waals surface area contributed by atoms with Crippen molar-refractivity contribution in [2.45, 2.75) is 70.5 Å². The molecule has 398 valence electrons. The summed E-state index contributed by atoms with van der Waals surface area (Å²) in [5.74, 6) is -2.46. The van der Waals surface area contributed by atoms with Gasteiger partial charge in [-0.3, -0.25) is 9.88 Å². The molecule has 1 unspecified atom stereocenters. The average Bonchev–Trinajstić information content (AvgIpc) is 3.89. The predicted octanol–water partition coefficient (Wildman–Crippen LogP) is 11.6. The van der Waals surface area contributed by atoms with Crippen molar-refractivity contribution in [2.75, 3.05) is 63.7 Å². The molecule has 2 aromatic heterocycles. The summed E-state index contributed by atoms with van der Waals surface area (Å²) in [5, 5.41) is 6.02. The van der Waals surface area contributed by atoms with E-state index in [1.54, 1.807) is 74.3 Å². The molecule has 3 atom stereocenters. The number of aliphatic imine (C=N–C) groups is 1. The van der Waals surface area contributed by atoms with E-state index < -0.39 is 63.0 Å². The van der Waals surface area contributed by atoms with Crippen LogP contribution in [-0.2, 0) is 30.5 Å². The van der Waals surface area contributed by atoms with E-state index in [9.17, 15) is 8.78 Å². The van der Waals surface area contributed by atoms with Gasteiger partial charge in [-0.2, -0.15) is 13.2 Å². The molecule has 6 aromatic rings. The quantitative estimate of drug-likeness (QED) is 0.0841. The molecular weight excluding hydrogens is 1020 g/mol. The summed E-state index contributed by atoms with van der Waals surface area (Å²) in [6.45, 7) is 3.62. The molecule has 0 radical (unpaired) electrons. The first-order chi connectivity index (χ1) is 36.4. The first-order valence-corrected chi connectivity index (χ1v) is 24.8. The van der Waals surface area contributed by atoms with Gasteiger partial charge in [0.25, 0.3) is 5.92 Å². The molecule has 76 heavy (non-hydrogen) atoms. The molecule has 10 rings (SSSR count). The summed E-state index contributed by atoms with van der Waals surface area (Å²) >= 11 is 7.27. The fraction of sp³-hybridized carbons (Fsp3) is 0.345. The van der Waals surface area contributed by atoms with Crippen molar-refractivity contribution in [3.05, 3.63) is 153 Å². The summed E-state index contributed by atoms with van der Waals surface area (Å²) < 4.78 is 123. The van der Waals surface area contributed by atoms with Crippen molar-refractivity contribution in [1.82, 2.24) is 24.8 Å². The van der Waals surface area contributed by atoms with Gasteiger partial charge in [0.15, 0.2) is 11.6 Å². The minimum absolute atomic E-state index is 0.0154. The minimum Gasteiger partial charge on any atom is -0.497 e. The van der Waals surface area contributed by atoms with Gasteiger partial charge in [0.1, 0.15) is 53.7 Å². The number of nitrogens with one attached hydrogen (secondary N) is 2. The average molecular weight is 1070 g/mol. The number of anilines is 3. The number of hydrogen-bond donors (Lipinski definition) is 2. The van der Waals surface area contributed by atoms with Gasteiger partial charge in [-0.05, 0) is 92.0 Å². The maximum Gasteiger partial charge on any atom is 0.418 e. The predicted molar refractivity (Wildman–Crippen MR) is 276 cm³/mol. The van der Waals surface area contributed by atoms with Crippen LogP contribution in [0.2, 0.25) is 5.02 Å². The molecule has 4 aromatic carbocycles. The van der Waals surface area contributed by atoms with E-state index >= 15 is 17.6 Å². The molecule has 0 amide bonds. The van der Waals surface area contributed by atoms with Crippen LogP contribution < -0.4 is 34.5 Å². The number of likely N-dealkylation sites (tertiary alicyclic amines) is 1. The van der Waals surface area contributed by atoms with Gasteiger partial charge in [-0.1, -0.05) is 48.0 Å². The second-order valence-corrected chi connectivity index (χ2v) is 19.7. The first kappa shape index (κ1) is 52.0. The van der Waals surface area contributed by atoms with Crippen LogP contribution in [0, 0.1) is 18.2 Å². The number of methoxy groups -OCH3 is 3. The van der Waals surface area contributed by atoms with E-state index in [1.165, 1.54) is 31.6 Å². The van der Waals surface area contributed by atoms with Gasteiger partial charge in [0.05, 0.1) is 72.1 Å². The van der Waals surface area contributed by atoms with Crippen molar-refractivity contribution >= 4 is 34.8 Å². The van der Waals surface area contributed by atoms with Crippen molar-refractivity contribution in [3.63, 3.8) is 0 Å². The van der Waals surface area contributed by atoms with Crippen molar-refractivity contribution in [3.8, 4) is 34.3 Å². The summed E-state index contributed by atoms with van der Waals surface area (Å²) in [5.41, 5.74) is -1.23. The van der Waals surface area contributed by atoms with Gasteiger partial charge < -0.3 is 44.1 Å². The van der Waals surface area contributed by atoms with Crippen LogP contribution in [0.5, 0.6) is 23.0 Å². The molecule has 0 bridgehead atoms. The zero-order chi connectivity index (χ0) is 53.7. The van der Waals surface area contributed by atoms with Gasteiger partial charge in [-0.15, -0.1) is 0 Å². The molecule has 2 fully saturated rings. The Morgan fingerprint density at radius 1 is 0.895 bits per heavy atom. The van der Waals surface area contributed by atoms with Crippen LogP contribution in [0.1, 0.15) is 64.9 Å². The van der Waals surface area contributed by atoms with Gasteiger partial charge >= 0.3 is 12.1 Å². The van der Waals surface area contributed by atoms with Gasteiger partial charge in [0, 0.05) is 51.0 Å². The number of nitrogens with zero attached hydrogens (tertiary/aromatic N) is 7. The first-order valence-electron chi connectivity index (χ1n) is 24.4. The minimum atomic E-state index is -5.05. The van der Waals surface area contributed by atoms with E-state index in [0.29, 0.717) is 35.3 Å². The van der Waals surface area contributed by atoms with E-state index in [1.807, 2.05) is 48.5 Å². The standard InChI is InChI=1S/C55H54ClF6N9O5/c1-31-21-40(70(24-34-9-15-38(73-5)16-10-34)25-35-11-17-39(74-6)18-12-35)68-48(44(31)55(60,61)62)42-45(56)49-43-50(46(42)57)76-41(75-27-36-22-53(29-69(36)3)28-54(53,58)59)26-71(52(43)67-30-66-49)32(2)47-51(64-20-19-63-47)65-23-33-7-13-37(72-4)14-8-33/h7-21,26,32,36,66H,22-25,27-30H2,1-6H3,(H,64,65)/t32?,36-,53-/m0/s1. The Balaban J connectivity index is 1.09. The van der Waals surface area contributed by atoms with E-state index in [0.717, 1.165) is 16.7 Å². The number of aryl methyl sites for hydroxylation is 1. The Kier molecular flexibility index (Phi) is 14.1. The molecule has 3 aliphatic heterocycles. The van der Waals surface area contributed by atoms with Crippen molar-refractivity contribution in [1.29, 1.82) is 0 Å². The zero-order valence-corrected chi connectivity index (χ0v) is 43.1. The number of alkyl halides is 5. The highest BCUT2D eigenvalue weighted by Gasteiger charge is 2.73. The lowest BCUT2D eigenvalue weighted by molar-refractivity contribution is -0.137. The van der Waals surface area contributed by atoms with Crippen LogP contribution in [0.4, 0.5) is 43.7 Å². The van der Waals surface area contributed by atoms with Crippen LogP contribution in [0.25, 0.3) is 11.3 Å². The number of likely N-dealkylation sites (N-methyl/N-ethyl adjacent to an activating group) is 1. The van der Waals surface area contributed by atoms with Crippen LogP contribution in [0.3, 0.4) is 0 Å². The molecule has 4 aliphatic rings. The Bertz CT molecular complexity index is 3150. The third-order valence-corrected chi connectivity index (χ3v) is 14.8.